The van der Waals surface area contributed by atoms with Gasteiger partial charge in [0.1, 0.15) is 5.69 Å². The third-order valence-corrected chi connectivity index (χ3v) is 8.89. The van der Waals surface area contributed by atoms with Crippen LogP contribution in [0.1, 0.15) is 35.5 Å². The van der Waals surface area contributed by atoms with Gasteiger partial charge in [-0.1, -0.05) is 78.7 Å². The van der Waals surface area contributed by atoms with Gasteiger partial charge in [0.2, 0.25) is 0 Å². The summed E-state index contributed by atoms with van der Waals surface area (Å²) in [4.78, 5) is 18.5. The maximum atomic E-state index is 14.5. The van der Waals surface area contributed by atoms with Crippen molar-refractivity contribution in [3.63, 3.8) is 0 Å². The number of hydrogen-bond donors (Lipinski definition) is 1. The third kappa shape index (κ3) is 6.04. The fraction of sp³-hybridized carbons (Fsp3) is 0.364. The molecule has 3 aromatic carbocycles. The molecule has 41 heavy (non-hydrogen) atoms. The van der Waals surface area contributed by atoms with E-state index in [0.717, 1.165) is 33.2 Å². The third-order valence-electron chi connectivity index (χ3n) is 8.15. The van der Waals surface area contributed by atoms with Crippen molar-refractivity contribution in [1.82, 2.24) is 14.4 Å². The number of ether oxygens (including phenoxy) is 1. The maximum absolute atomic E-state index is 14.5. The predicted molar refractivity (Wildman–Crippen MR) is 166 cm³/mol. The zero-order valence-corrected chi connectivity index (χ0v) is 25.5. The van der Waals surface area contributed by atoms with Gasteiger partial charge in [-0.3, -0.25) is 9.69 Å². The Balaban J connectivity index is 1.55. The molecule has 0 aliphatic carbocycles. The van der Waals surface area contributed by atoms with Crippen LogP contribution < -0.4 is 0 Å². The Morgan fingerprint density at radius 1 is 1.07 bits per heavy atom. The number of nitrogens with zero attached hydrogens (tertiary/aromatic N) is 3. The average Bonchev–Trinajstić information content (AvgIpc) is 3.26. The number of benzene rings is 3. The van der Waals surface area contributed by atoms with Gasteiger partial charge in [0.25, 0.3) is 5.91 Å². The Labute approximate surface area is 252 Å². The van der Waals surface area contributed by atoms with Crippen molar-refractivity contribution in [3.8, 4) is 11.1 Å². The standard InChI is InChI=1S/C33H37Cl2N3O3/c1-21-16-38(22(2)19-39)33(40)32-31(26-11-7-8-12-29(26)37(32)4)25-10-6-5-9-24(25)20-41-30(21)18-36(3)17-23-13-14-27(34)28(35)15-23/h5-15,21-22,30,39H,16-20H2,1-4H3/t21-,22+,30-/m0/s1. The van der Waals surface area contributed by atoms with Gasteiger partial charge in [0.15, 0.2) is 0 Å². The molecule has 216 valence electrons. The molecule has 0 bridgehead atoms. The van der Waals surface area contributed by atoms with Crippen LogP contribution in [0.25, 0.3) is 22.0 Å². The minimum absolute atomic E-state index is 0.00685. The number of aromatic nitrogens is 1. The quantitative estimate of drug-likeness (QED) is 0.272. The van der Waals surface area contributed by atoms with Crippen LogP contribution in [0.15, 0.2) is 66.7 Å². The van der Waals surface area contributed by atoms with E-state index in [1.807, 2.05) is 72.0 Å². The Kier molecular flexibility index (Phi) is 9.07. The van der Waals surface area contributed by atoms with Gasteiger partial charge in [-0.05, 0) is 48.9 Å². The molecular weight excluding hydrogens is 557 g/mol. The van der Waals surface area contributed by atoms with Gasteiger partial charge >= 0.3 is 0 Å². The molecule has 2 heterocycles. The van der Waals surface area contributed by atoms with E-state index in [-0.39, 0.29) is 30.6 Å². The molecule has 1 aliphatic heterocycles. The molecule has 0 saturated carbocycles. The van der Waals surface area contributed by atoms with E-state index >= 15 is 0 Å². The summed E-state index contributed by atoms with van der Waals surface area (Å²) in [6.07, 6.45) is -0.171. The van der Waals surface area contributed by atoms with Gasteiger partial charge in [0.05, 0.1) is 35.4 Å². The van der Waals surface area contributed by atoms with Gasteiger partial charge in [0, 0.05) is 49.1 Å². The molecule has 4 aromatic rings. The Morgan fingerprint density at radius 2 is 1.80 bits per heavy atom. The zero-order valence-electron chi connectivity index (χ0n) is 24.0. The summed E-state index contributed by atoms with van der Waals surface area (Å²) < 4.78 is 8.69. The highest BCUT2D eigenvalue weighted by Crippen LogP contribution is 2.38. The largest absolute Gasteiger partial charge is 0.394 e. The monoisotopic (exact) mass is 593 g/mol. The van der Waals surface area contributed by atoms with Crippen LogP contribution in [0.5, 0.6) is 0 Å². The fourth-order valence-electron chi connectivity index (χ4n) is 5.85. The number of aliphatic hydroxyl groups excluding tert-OH is 1. The fourth-order valence-corrected chi connectivity index (χ4v) is 6.17. The lowest BCUT2D eigenvalue weighted by Crippen LogP contribution is -2.47. The molecule has 0 radical (unpaired) electrons. The van der Waals surface area contributed by atoms with E-state index in [0.29, 0.717) is 42.0 Å². The number of halogens is 2. The van der Waals surface area contributed by atoms with Crippen molar-refractivity contribution in [1.29, 1.82) is 0 Å². The number of aliphatic hydroxyl groups is 1. The van der Waals surface area contributed by atoms with Gasteiger partial charge < -0.3 is 19.3 Å². The zero-order chi connectivity index (χ0) is 29.3. The Hall–Kier alpha value is -2.87. The minimum atomic E-state index is -0.360. The van der Waals surface area contributed by atoms with Crippen molar-refractivity contribution in [2.75, 3.05) is 26.7 Å². The molecular formula is C33H37Cl2N3O3. The van der Waals surface area contributed by atoms with Crippen LogP contribution in [0.3, 0.4) is 0 Å². The maximum Gasteiger partial charge on any atom is 0.271 e. The number of carbonyl (C=O) groups excluding carboxylic acids is 1. The molecule has 3 atom stereocenters. The summed E-state index contributed by atoms with van der Waals surface area (Å²) in [6, 6.07) is 21.6. The van der Waals surface area contributed by atoms with Crippen molar-refractivity contribution >= 4 is 40.0 Å². The molecule has 1 N–H and O–H groups in total. The lowest BCUT2D eigenvalue weighted by Gasteiger charge is -2.35. The normalized spacial score (nSPS) is 18.7. The average molecular weight is 595 g/mol. The van der Waals surface area contributed by atoms with E-state index in [9.17, 15) is 9.90 Å². The molecule has 1 aromatic heterocycles. The Morgan fingerprint density at radius 3 is 2.56 bits per heavy atom. The summed E-state index contributed by atoms with van der Waals surface area (Å²) in [6.45, 7) is 6.07. The van der Waals surface area contributed by atoms with Crippen molar-refractivity contribution in [2.45, 2.75) is 39.1 Å². The number of likely N-dealkylation sites (N-methyl/N-ethyl adjacent to an activating group) is 1. The molecule has 1 amide bonds. The van der Waals surface area contributed by atoms with Crippen LogP contribution in [0.4, 0.5) is 0 Å². The lowest BCUT2D eigenvalue weighted by atomic mass is 9.96. The second-order valence-electron chi connectivity index (χ2n) is 11.2. The van der Waals surface area contributed by atoms with E-state index in [2.05, 4.69) is 37.1 Å². The first-order chi connectivity index (χ1) is 19.7. The van der Waals surface area contributed by atoms with Gasteiger partial charge in [-0.25, -0.2) is 0 Å². The number of aryl methyl sites for hydroxylation is 1. The number of hydrogen-bond acceptors (Lipinski definition) is 4. The van der Waals surface area contributed by atoms with E-state index in [1.165, 1.54) is 0 Å². The second kappa shape index (κ2) is 12.6. The van der Waals surface area contributed by atoms with Gasteiger partial charge in [-0.2, -0.15) is 0 Å². The molecule has 6 nitrogen and oxygen atoms in total. The topological polar surface area (TPSA) is 57.9 Å². The number of fused-ring (bicyclic) bond motifs is 5. The summed E-state index contributed by atoms with van der Waals surface area (Å²) in [7, 11) is 4.00. The number of carbonyl (C=O) groups is 1. The number of rotatable bonds is 6. The molecule has 5 rings (SSSR count). The molecule has 0 spiro atoms. The summed E-state index contributed by atoms with van der Waals surface area (Å²) in [5.41, 5.74) is 5.61. The predicted octanol–water partition coefficient (Wildman–Crippen LogP) is 6.64. The van der Waals surface area contributed by atoms with E-state index < -0.39 is 0 Å². The molecule has 8 heteroatoms. The van der Waals surface area contributed by atoms with E-state index in [4.69, 9.17) is 27.9 Å². The van der Waals surface area contributed by atoms with Crippen LogP contribution in [0, 0.1) is 5.92 Å². The van der Waals surface area contributed by atoms with Crippen LogP contribution in [-0.2, 0) is 24.9 Å². The summed E-state index contributed by atoms with van der Waals surface area (Å²) in [5, 5.41) is 12.3. The van der Waals surface area contributed by atoms with Crippen molar-refractivity contribution in [2.24, 2.45) is 13.0 Å². The van der Waals surface area contributed by atoms with Crippen LogP contribution in [0.2, 0.25) is 10.0 Å². The second-order valence-corrected chi connectivity index (χ2v) is 12.0. The first-order valence-corrected chi connectivity index (χ1v) is 14.8. The first kappa shape index (κ1) is 29.6. The number of para-hydroxylation sites is 1. The smallest absolute Gasteiger partial charge is 0.271 e. The highest BCUT2D eigenvalue weighted by molar-refractivity contribution is 6.42. The van der Waals surface area contributed by atoms with Crippen LogP contribution in [-0.4, -0.2) is 64.3 Å². The number of amides is 1. The highest BCUT2D eigenvalue weighted by atomic mass is 35.5. The Bertz CT molecular complexity index is 1550. The minimum Gasteiger partial charge on any atom is -0.394 e. The van der Waals surface area contributed by atoms with Crippen molar-refractivity contribution < 1.29 is 14.6 Å². The molecule has 1 aliphatic rings. The molecule has 0 unspecified atom stereocenters. The first-order valence-electron chi connectivity index (χ1n) is 14.0. The summed E-state index contributed by atoms with van der Waals surface area (Å²) >= 11 is 12.4. The summed E-state index contributed by atoms with van der Waals surface area (Å²) in [5.74, 6) is -0.0979. The SMILES string of the molecule is C[C@H](CO)N1C[C@H](C)[C@H](CN(C)Cc2ccc(Cl)c(Cl)c2)OCc2ccccc2-c2c(n(C)c3ccccc23)C1=O. The van der Waals surface area contributed by atoms with Crippen molar-refractivity contribution in [3.05, 3.63) is 93.6 Å². The van der Waals surface area contributed by atoms with Crippen LogP contribution >= 0.6 is 23.2 Å². The molecule has 0 fully saturated rings. The molecule has 0 saturated heterocycles. The van der Waals surface area contributed by atoms with E-state index in [1.54, 1.807) is 0 Å². The van der Waals surface area contributed by atoms with Gasteiger partial charge in [-0.15, -0.1) is 0 Å². The highest BCUT2D eigenvalue weighted by Gasteiger charge is 2.33. The lowest BCUT2D eigenvalue weighted by molar-refractivity contribution is -0.0242.